The zero-order chi connectivity index (χ0) is 15.5. The van der Waals surface area contributed by atoms with Crippen LogP contribution in [0, 0.1) is 0 Å². The van der Waals surface area contributed by atoms with Gasteiger partial charge in [-0.05, 0) is 12.1 Å². The van der Waals surface area contributed by atoms with E-state index in [-0.39, 0.29) is 17.1 Å². The van der Waals surface area contributed by atoms with Crippen LogP contribution in [0.5, 0.6) is 5.75 Å². The van der Waals surface area contributed by atoms with E-state index in [0.717, 1.165) is 0 Å². The van der Waals surface area contributed by atoms with Crippen molar-refractivity contribution < 1.29 is 17.9 Å². The molecule has 0 atom stereocenters. The smallest absolute Gasteiger partial charge is 0.405 e. The van der Waals surface area contributed by atoms with Crippen molar-refractivity contribution >= 4 is 5.84 Å². The van der Waals surface area contributed by atoms with Crippen LogP contribution in [0.15, 0.2) is 48.1 Å². The first kappa shape index (κ1) is 14.9. The Morgan fingerprint density at radius 2 is 2.00 bits per heavy atom. The molecule has 0 radical (unpaired) electrons. The molecule has 2 aromatic rings. The van der Waals surface area contributed by atoms with Crippen molar-refractivity contribution in [1.82, 2.24) is 14.6 Å². The van der Waals surface area contributed by atoms with Crippen molar-refractivity contribution in [2.45, 2.75) is 6.36 Å². The first-order chi connectivity index (χ1) is 9.87. The summed E-state index contributed by atoms with van der Waals surface area (Å²) >= 11 is 0. The highest BCUT2D eigenvalue weighted by molar-refractivity contribution is 6.02. The largest absolute Gasteiger partial charge is 0.573 e. The van der Waals surface area contributed by atoms with Gasteiger partial charge in [0, 0.05) is 26.5 Å². The van der Waals surface area contributed by atoms with E-state index < -0.39 is 6.36 Å². The molecule has 0 amide bonds. The minimum atomic E-state index is -4.77. The highest BCUT2D eigenvalue weighted by Crippen LogP contribution is 2.27. The standard InChI is InChI=1S/C13H13F3N4O/c1-19(2)18-12(20-8-7-17-9-20)10-5-3-4-6-11(10)21-13(14,15)16/h3-9H,1-2H3. The molecule has 0 spiro atoms. The number of nitrogens with zero attached hydrogens (tertiary/aromatic N) is 4. The molecule has 0 bridgehead atoms. The Bertz CT molecular complexity index is 621. The Balaban J connectivity index is 2.51. The minimum Gasteiger partial charge on any atom is -0.405 e. The lowest BCUT2D eigenvalue weighted by Crippen LogP contribution is -2.22. The molecular weight excluding hydrogens is 285 g/mol. The summed E-state index contributed by atoms with van der Waals surface area (Å²) in [5, 5.41) is 5.69. The number of para-hydroxylation sites is 1. The molecule has 2 rings (SSSR count). The van der Waals surface area contributed by atoms with Gasteiger partial charge in [-0.1, -0.05) is 12.1 Å². The zero-order valence-electron chi connectivity index (χ0n) is 11.4. The summed E-state index contributed by atoms with van der Waals surface area (Å²) in [5.41, 5.74) is 0.210. The fraction of sp³-hybridized carbons (Fsp3) is 0.231. The van der Waals surface area contributed by atoms with Gasteiger partial charge in [0.25, 0.3) is 0 Å². The highest BCUT2D eigenvalue weighted by atomic mass is 19.4. The van der Waals surface area contributed by atoms with Crippen LogP contribution in [0.25, 0.3) is 0 Å². The van der Waals surface area contributed by atoms with Crippen molar-refractivity contribution in [3.05, 3.63) is 48.5 Å². The van der Waals surface area contributed by atoms with Gasteiger partial charge in [-0.3, -0.25) is 4.57 Å². The van der Waals surface area contributed by atoms with Gasteiger partial charge in [0.15, 0.2) is 5.84 Å². The van der Waals surface area contributed by atoms with E-state index in [1.54, 1.807) is 26.4 Å². The number of alkyl halides is 3. The minimum absolute atomic E-state index is 0.210. The molecule has 0 saturated carbocycles. The lowest BCUT2D eigenvalue weighted by atomic mass is 10.2. The lowest BCUT2D eigenvalue weighted by molar-refractivity contribution is -0.274. The van der Waals surface area contributed by atoms with Gasteiger partial charge in [-0.25, -0.2) is 4.98 Å². The summed E-state index contributed by atoms with van der Waals surface area (Å²) in [5.74, 6) is -0.0448. The van der Waals surface area contributed by atoms with Crippen molar-refractivity contribution in [2.24, 2.45) is 5.10 Å². The lowest BCUT2D eigenvalue weighted by Gasteiger charge is -2.16. The quantitative estimate of drug-likeness (QED) is 0.497. The molecule has 0 aliphatic heterocycles. The molecule has 0 fully saturated rings. The Morgan fingerprint density at radius 3 is 2.57 bits per heavy atom. The van der Waals surface area contributed by atoms with E-state index in [1.807, 2.05) is 0 Å². The molecule has 0 aliphatic rings. The number of hydrazone groups is 1. The van der Waals surface area contributed by atoms with Crippen LogP contribution in [0.1, 0.15) is 5.56 Å². The van der Waals surface area contributed by atoms with Crippen LogP contribution < -0.4 is 4.74 Å². The number of hydrogen-bond donors (Lipinski definition) is 0. The van der Waals surface area contributed by atoms with Crippen molar-refractivity contribution in [3.8, 4) is 5.75 Å². The van der Waals surface area contributed by atoms with Crippen molar-refractivity contribution in [1.29, 1.82) is 0 Å². The SMILES string of the molecule is CN(C)N=C(c1ccccc1OC(F)(F)F)n1ccnc1. The average Bonchev–Trinajstić information content (AvgIpc) is 2.88. The van der Waals surface area contributed by atoms with Crippen LogP contribution >= 0.6 is 0 Å². The van der Waals surface area contributed by atoms with E-state index in [0.29, 0.717) is 0 Å². The van der Waals surface area contributed by atoms with Crippen LogP contribution in [-0.4, -0.2) is 40.9 Å². The van der Waals surface area contributed by atoms with Gasteiger partial charge in [-0.2, -0.15) is 5.10 Å². The Morgan fingerprint density at radius 1 is 1.29 bits per heavy atom. The first-order valence-electron chi connectivity index (χ1n) is 5.96. The fourth-order valence-electron chi connectivity index (χ4n) is 1.68. The summed E-state index contributed by atoms with van der Waals surface area (Å²) in [4.78, 5) is 3.88. The third-order valence-corrected chi connectivity index (χ3v) is 2.40. The molecule has 0 unspecified atom stereocenters. The average molecular weight is 298 g/mol. The van der Waals surface area contributed by atoms with Gasteiger partial charge in [0.05, 0.1) is 5.56 Å². The third-order valence-electron chi connectivity index (χ3n) is 2.40. The van der Waals surface area contributed by atoms with E-state index in [4.69, 9.17) is 0 Å². The Labute approximate surface area is 119 Å². The van der Waals surface area contributed by atoms with Crippen molar-refractivity contribution in [3.63, 3.8) is 0 Å². The molecule has 1 heterocycles. The number of halogens is 3. The van der Waals surface area contributed by atoms with E-state index in [1.165, 1.54) is 40.3 Å². The summed E-state index contributed by atoms with van der Waals surface area (Å²) in [6.07, 6.45) is -0.216. The van der Waals surface area contributed by atoms with E-state index >= 15 is 0 Å². The monoisotopic (exact) mass is 298 g/mol. The van der Waals surface area contributed by atoms with Gasteiger partial charge >= 0.3 is 6.36 Å². The second kappa shape index (κ2) is 5.86. The molecule has 0 N–H and O–H groups in total. The highest BCUT2D eigenvalue weighted by Gasteiger charge is 2.32. The first-order valence-corrected chi connectivity index (χ1v) is 5.96. The topological polar surface area (TPSA) is 42.6 Å². The second-order valence-corrected chi connectivity index (χ2v) is 4.28. The molecule has 1 aromatic carbocycles. The Hall–Kier alpha value is -2.51. The molecule has 5 nitrogen and oxygen atoms in total. The number of aromatic nitrogens is 2. The Kier molecular flexibility index (Phi) is 4.15. The molecule has 8 heteroatoms. The van der Waals surface area contributed by atoms with Gasteiger partial charge < -0.3 is 9.75 Å². The summed E-state index contributed by atoms with van der Waals surface area (Å²) in [7, 11) is 3.34. The number of imidazole rings is 1. The molecule has 0 saturated heterocycles. The van der Waals surface area contributed by atoms with Crippen LogP contribution in [0.2, 0.25) is 0 Å². The predicted octanol–water partition coefficient (Wildman–Crippen LogP) is 2.55. The molecule has 21 heavy (non-hydrogen) atoms. The summed E-state index contributed by atoms with van der Waals surface area (Å²) in [6.45, 7) is 0. The van der Waals surface area contributed by atoms with E-state index in [2.05, 4.69) is 14.8 Å². The van der Waals surface area contributed by atoms with Crippen molar-refractivity contribution in [2.75, 3.05) is 14.1 Å². The van der Waals surface area contributed by atoms with E-state index in [9.17, 15) is 13.2 Å². The molecular formula is C13H13F3N4O. The normalized spacial score (nSPS) is 12.3. The number of benzene rings is 1. The number of rotatable bonds is 3. The second-order valence-electron chi connectivity index (χ2n) is 4.28. The maximum Gasteiger partial charge on any atom is 0.573 e. The summed E-state index contributed by atoms with van der Waals surface area (Å²) < 4.78 is 43.1. The molecule has 112 valence electrons. The third kappa shape index (κ3) is 3.98. The maximum atomic E-state index is 12.5. The predicted molar refractivity (Wildman–Crippen MR) is 71.0 cm³/mol. The number of ether oxygens (including phenoxy) is 1. The van der Waals surface area contributed by atoms with Crippen LogP contribution in [0.3, 0.4) is 0 Å². The van der Waals surface area contributed by atoms with Gasteiger partial charge in [-0.15, -0.1) is 13.2 Å². The van der Waals surface area contributed by atoms with Gasteiger partial charge in [0.1, 0.15) is 12.1 Å². The fourth-order valence-corrected chi connectivity index (χ4v) is 1.68. The van der Waals surface area contributed by atoms with Crippen LogP contribution in [-0.2, 0) is 0 Å². The molecule has 0 aliphatic carbocycles. The zero-order valence-corrected chi connectivity index (χ0v) is 11.4. The van der Waals surface area contributed by atoms with Gasteiger partial charge in [0.2, 0.25) is 0 Å². The van der Waals surface area contributed by atoms with Crippen LogP contribution in [0.4, 0.5) is 13.2 Å². The summed E-state index contributed by atoms with van der Waals surface area (Å²) in [6, 6.07) is 5.82. The number of hydrogen-bond acceptors (Lipinski definition) is 4. The maximum absolute atomic E-state index is 12.5. The molecule has 1 aromatic heterocycles.